The Morgan fingerprint density at radius 2 is 1.91 bits per heavy atom. The van der Waals surface area contributed by atoms with E-state index in [1.54, 1.807) is 24.3 Å². The van der Waals surface area contributed by atoms with E-state index >= 15 is 0 Å². The van der Waals surface area contributed by atoms with Gasteiger partial charge in [0.2, 0.25) is 5.91 Å². The molecule has 0 radical (unpaired) electrons. The molecule has 0 aliphatic carbocycles. The average molecular weight is 337 g/mol. The normalized spacial score (nSPS) is 15.4. The molecule has 1 amide bonds. The summed E-state index contributed by atoms with van der Waals surface area (Å²) in [6.07, 6.45) is 1.58. The van der Waals surface area contributed by atoms with Crippen molar-refractivity contribution in [2.75, 3.05) is 13.1 Å². The summed E-state index contributed by atoms with van der Waals surface area (Å²) in [6, 6.07) is 8.97. The third-order valence-corrected chi connectivity index (χ3v) is 5.90. The smallest absolute Gasteiger partial charge is 0.227 e. The van der Waals surface area contributed by atoms with Crippen LogP contribution in [-0.4, -0.2) is 37.6 Å². The zero-order chi connectivity index (χ0) is 16.4. The van der Waals surface area contributed by atoms with Gasteiger partial charge in [0.25, 0.3) is 0 Å². The van der Waals surface area contributed by atoms with Crippen molar-refractivity contribution in [2.24, 2.45) is 0 Å². The summed E-state index contributed by atoms with van der Waals surface area (Å²) in [7, 11) is -3.33. The number of nitrogens with zero attached hydrogens (tertiary/aromatic N) is 1. The molecular weight excluding hydrogens is 321 g/mol. The van der Waals surface area contributed by atoms with Gasteiger partial charge in [-0.25, -0.2) is 12.8 Å². The molecule has 1 saturated heterocycles. The van der Waals surface area contributed by atoms with Crippen molar-refractivity contribution in [1.29, 1.82) is 0 Å². The van der Waals surface area contributed by atoms with Gasteiger partial charge in [-0.2, -0.15) is 0 Å². The highest BCUT2D eigenvalue weighted by molar-refractivity contribution is 7.91. The van der Waals surface area contributed by atoms with Crippen molar-refractivity contribution in [3.05, 3.63) is 59.8 Å². The predicted molar refractivity (Wildman–Crippen MR) is 81.8 cm³/mol. The number of carbonyl (C=O) groups is 1. The minimum absolute atomic E-state index is 0.144. The molecule has 1 fully saturated rings. The molecule has 1 aromatic carbocycles. The van der Waals surface area contributed by atoms with Crippen LogP contribution in [0.4, 0.5) is 4.39 Å². The number of rotatable bonds is 5. The fourth-order valence-electron chi connectivity index (χ4n) is 2.47. The maximum absolute atomic E-state index is 12.8. The number of likely N-dealkylation sites (tertiary alicyclic amines) is 1. The third-order valence-electron chi connectivity index (χ3n) is 3.90. The SMILES string of the molecule is O=C(Cc1ccc(F)cc1)N1CC(S(=O)(=O)Cc2ccco2)C1. The Bertz CT molecular complexity index is 778. The Kier molecular flexibility index (Phi) is 4.21. The van der Waals surface area contributed by atoms with Crippen molar-refractivity contribution >= 4 is 15.7 Å². The highest BCUT2D eigenvalue weighted by atomic mass is 32.2. The molecule has 0 spiro atoms. The zero-order valence-corrected chi connectivity index (χ0v) is 13.1. The number of amides is 1. The van der Waals surface area contributed by atoms with Crippen LogP contribution in [0.2, 0.25) is 0 Å². The second-order valence-electron chi connectivity index (χ2n) is 5.61. The molecule has 0 unspecified atom stereocenters. The zero-order valence-electron chi connectivity index (χ0n) is 12.3. The van der Waals surface area contributed by atoms with Crippen molar-refractivity contribution in [2.45, 2.75) is 17.4 Å². The molecule has 1 aliphatic heterocycles. The quantitative estimate of drug-likeness (QED) is 0.834. The van der Waals surface area contributed by atoms with Gasteiger partial charge >= 0.3 is 0 Å². The van der Waals surface area contributed by atoms with Crippen LogP contribution in [-0.2, 0) is 26.8 Å². The lowest BCUT2D eigenvalue weighted by Gasteiger charge is -2.38. The lowest BCUT2D eigenvalue weighted by Crippen LogP contribution is -2.57. The molecule has 7 heteroatoms. The van der Waals surface area contributed by atoms with Gasteiger partial charge in [0.1, 0.15) is 17.3 Å². The summed E-state index contributed by atoms with van der Waals surface area (Å²) in [4.78, 5) is 13.6. The van der Waals surface area contributed by atoms with Gasteiger partial charge in [-0.1, -0.05) is 12.1 Å². The van der Waals surface area contributed by atoms with Crippen molar-refractivity contribution in [3.8, 4) is 0 Å². The molecule has 1 aliphatic rings. The van der Waals surface area contributed by atoms with Gasteiger partial charge in [0, 0.05) is 13.1 Å². The maximum atomic E-state index is 12.8. The van der Waals surface area contributed by atoms with Crippen LogP contribution in [0.15, 0.2) is 47.1 Å². The van der Waals surface area contributed by atoms with Crippen LogP contribution >= 0.6 is 0 Å². The van der Waals surface area contributed by atoms with Gasteiger partial charge in [0.05, 0.1) is 17.9 Å². The molecule has 23 heavy (non-hydrogen) atoms. The Morgan fingerprint density at radius 1 is 1.22 bits per heavy atom. The van der Waals surface area contributed by atoms with E-state index in [1.807, 2.05) is 0 Å². The summed E-state index contributed by atoms with van der Waals surface area (Å²) >= 11 is 0. The van der Waals surface area contributed by atoms with Crippen molar-refractivity contribution in [3.63, 3.8) is 0 Å². The van der Waals surface area contributed by atoms with Gasteiger partial charge in [0.15, 0.2) is 9.84 Å². The monoisotopic (exact) mass is 337 g/mol. The number of carbonyl (C=O) groups excluding carboxylic acids is 1. The Morgan fingerprint density at radius 3 is 2.52 bits per heavy atom. The number of benzene rings is 1. The fourth-order valence-corrected chi connectivity index (χ4v) is 4.08. The van der Waals surface area contributed by atoms with Gasteiger partial charge < -0.3 is 9.32 Å². The van der Waals surface area contributed by atoms with Crippen LogP contribution in [0, 0.1) is 5.82 Å². The van der Waals surface area contributed by atoms with E-state index in [1.165, 1.54) is 23.3 Å². The van der Waals surface area contributed by atoms with Crippen LogP contribution in [0.3, 0.4) is 0 Å². The van der Waals surface area contributed by atoms with Crippen LogP contribution < -0.4 is 0 Å². The van der Waals surface area contributed by atoms with E-state index < -0.39 is 15.1 Å². The molecule has 0 N–H and O–H groups in total. The summed E-state index contributed by atoms with van der Waals surface area (Å²) < 4.78 is 42.3. The van der Waals surface area contributed by atoms with E-state index in [-0.39, 0.29) is 37.0 Å². The highest BCUT2D eigenvalue weighted by Crippen LogP contribution is 2.21. The van der Waals surface area contributed by atoms with E-state index in [0.717, 1.165) is 0 Å². The van der Waals surface area contributed by atoms with Crippen molar-refractivity contribution < 1.29 is 22.0 Å². The first kappa shape index (κ1) is 15.7. The van der Waals surface area contributed by atoms with Crippen LogP contribution in [0.1, 0.15) is 11.3 Å². The fraction of sp³-hybridized carbons (Fsp3) is 0.312. The maximum Gasteiger partial charge on any atom is 0.227 e. The van der Waals surface area contributed by atoms with E-state index in [0.29, 0.717) is 11.3 Å². The molecule has 122 valence electrons. The molecule has 2 heterocycles. The summed E-state index contributed by atoms with van der Waals surface area (Å²) in [5.41, 5.74) is 0.707. The lowest BCUT2D eigenvalue weighted by atomic mass is 10.1. The first-order valence-electron chi connectivity index (χ1n) is 7.20. The first-order valence-corrected chi connectivity index (χ1v) is 8.92. The number of hydrogen-bond donors (Lipinski definition) is 0. The highest BCUT2D eigenvalue weighted by Gasteiger charge is 2.39. The van der Waals surface area contributed by atoms with Crippen molar-refractivity contribution in [1.82, 2.24) is 4.90 Å². The standard InChI is InChI=1S/C16H16FNO4S/c17-13-5-3-12(4-6-13)8-16(19)18-9-15(10-18)23(20,21)11-14-2-1-7-22-14/h1-7,15H,8-11H2. The molecule has 3 rings (SSSR count). The van der Waals surface area contributed by atoms with Gasteiger partial charge in [-0.15, -0.1) is 0 Å². The largest absolute Gasteiger partial charge is 0.468 e. The molecule has 1 aromatic heterocycles. The number of furan rings is 1. The Labute approximate surface area is 133 Å². The van der Waals surface area contributed by atoms with E-state index in [9.17, 15) is 17.6 Å². The first-order chi connectivity index (χ1) is 10.9. The summed E-state index contributed by atoms with van der Waals surface area (Å²) in [6.45, 7) is 0.395. The van der Waals surface area contributed by atoms with Crippen LogP contribution in [0.5, 0.6) is 0 Å². The molecule has 0 bridgehead atoms. The summed E-state index contributed by atoms with van der Waals surface area (Å²) in [5.74, 6) is -0.249. The second-order valence-corrected chi connectivity index (χ2v) is 7.89. The minimum Gasteiger partial charge on any atom is -0.468 e. The van der Waals surface area contributed by atoms with Gasteiger partial charge in [-0.05, 0) is 29.8 Å². The van der Waals surface area contributed by atoms with E-state index in [4.69, 9.17) is 4.42 Å². The van der Waals surface area contributed by atoms with Crippen LogP contribution in [0.25, 0.3) is 0 Å². The molecule has 0 saturated carbocycles. The Hall–Kier alpha value is -2.15. The molecular formula is C16H16FNO4S. The third kappa shape index (κ3) is 3.61. The lowest BCUT2D eigenvalue weighted by molar-refractivity contribution is -0.133. The average Bonchev–Trinajstić information content (AvgIpc) is 2.91. The molecule has 0 atom stereocenters. The molecule has 2 aromatic rings. The number of halogens is 1. The van der Waals surface area contributed by atoms with Gasteiger partial charge in [-0.3, -0.25) is 4.79 Å². The summed E-state index contributed by atoms with van der Waals surface area (Å²) in [5, 5.41) is -0.551. The predicted octanol–water partition coefficient (Wildman–Crippen LogP) is 1.79. The minimum atomic E-state index is -3.33. The number of hydrogen-bond acceptors (Lipinski definition) is 4. The molecule has 5 nitrogen and oxygen atoms in total. The second kappa shape index (κ2) is 6.16. The van der Waals surface area contributed by atoms with E-state index in [2.05, 4.69) is 0 Å². The number of sulfone groups is 1. The topological polar surface area (TPSA) is 67.6 Å². The Balaban J connectivity index is 1.53.